The predicted octanol–water partition coefficient (Wildman–Crippen LogP) is 2.50. The Hall–Kier alpha value is 0.0249. The fourth-order valence-electron chi connectivity index (χ4n) is 1.25. The molecule has 0 amide bonds. The van der Waals surface area contributed by atoms with Gasteiger partial charge in [0.15, 0.2) is 0 Å². The van der Waals surface area contributed by atoms with Crippen molar-refractivity contribution in [2.45, 2.75) is 58.2 Å². The van der Waals surface area contributed by atoms with Crippen molar-refractivity contribution in [3.05, 3.63) is 0 Å². The summed E-state index contributed by atoms with van der Waals surface area (Å²) in [5.74, 6) is 0. The number of hydrogen-bond acceptors (Lipinski definition) is 1. The third kappa shape index (κ3) is 10.0. The first kappa shape index (κ1) is 11.0. The Morgan fingerprint density at radius 3 is 2.00 bits per heavy atom. The number of rotatable bonds is 8. The molecular weight excluding hydrogens is 135 g/mol. The highest BCUT2D eigenvalue weighted by molar-refractivity contribution is 6.25. The van der Waals surface area contributed by atoms with Gasteiger partial charge in [-0.05, 0) is 0 Å². The third-order valence-corrected chi connectivity index (χ3v) is 2.01. The fraction of sp³-hybridized carbons (Fsp3) is 1.00. The van der Waals surface area contributed by atoms with Gasteiger partial charge in [0.1, 0.15) is 0 Å². The highest BCUT2D eigenvalue weighted by atomic mass is 16.2. The van der Waals surface area contributed by atoms with Gasteiger partial charge < -0.3 is 5.02 Å². The Labute approximate surface area is 71.5 Å². The maximum Gasteiger partial charge on any atom is 0.270 e. The summed E-state index contributed by atoms with van der Waals surface area (Å²) >= 11 is 0. The lowest BCUT2D eigenvalue weighted by atomic mass is 9.92. The molecule has 0 aromatic heterocycles. The number of unbranched alkanes of at least 4 members (excludes halogenated alkanes) is 6. The minimum atomic E-state index is 0.370. The van der Waals surface area contributed by atoms with Crippen molar-refractivity contribution in [1.82, 2.24) is 0 Å². The summed E-state index contributed by atoms with van der Waals surface area (Å²) in [6.07, 6.45) is 10.4. The van der Waals surface area contributed by atoms with Crippen LogP contribution in [0.2, 0.25) is 6.32 Å². The molecule has 0 bridgehead atoms. The summed E-state index contributed by atoms with van der Waals surface area (Å²) in [7, 11) is 0.370. The normalized spacial score (nSPS) is 10.0. The summed E-state index contributed by atoms with van der Waals surface area (Å²) in [6, 6.07) is 0. The van der Waals surface area contributed by atoms with Crippen LogP contribution in [0.1, 0.15) is 51.9 Å². The van der Waals surface area contributed by atoms with E-state index < -0.39 is 0 Å². The van der Waals surface area contributed by atoms with Gasteiger partial charge in [-0.3, -0.25) is 0 Å². The second kappa shape index (κ2) is 10.0. The van der Waals surface area contributed by atoms with Gasteiger partial charge in [0.2, 0.25) is 0 Å². The molecule has 0 aromatic carbocycles. The second-order valence-electron chi connectivity index (χ2n) is 3.20. The quantitative estimate of drug-likeness (QED) is 0.422. The number of hydrogen-bond donors (Lipinski definition) is 1. The van der Waals surface area contributed by atoms with Crippen LogP contribution >= 0.6 is 0 Å². The molecule has 0 unspecified atom stereocenters. The maximum atomic E-state index is 8.51. The van der Waals surface area contributed by atoms with E-state index in [0.717, 1.165) is 6.32 Å². The molecule has 2 heteroatoms. The summed E-state index contributed by atoms with van der Waals surface area (Å²) in [4.78, 5) is 0. The topological polar surface area (TPSA) is 20.2 Å². The zero-order valence-corrected chi connectivity index (χ0v) is 7.81. The lowest BCUT2D eigenvalue weighted by Gasteiger charge is -1.98. The van der Waals surface area contributed by atoms with E-state index in [1.54, 1.807) is 0 Å². The van der Waals surface area contributed by atoms with Gasteiger partial charge >= 0.3 is 0 Å². The Balaban J connectivity index is 2.69. The zero-order valence-electron chi connectivity index (χ0n) is 7.81. The lowest BCUT2D eigenvalue weighted by molar-refractivity contribution is 0.575. The van der Waals surface area contributed by atoms with Crippen molar-refractivity contribution < 1.29 is 5.02 Å². The van der Waals surface area contributed by atoms with Crippen LogP contribution in [0, 0.1) is 0 Å². The molecule has 0 rings (SSSR count). The monoisotopic (exact) mass is 156 g/mol. The minimum absolute atomic E-state index is 0.370. The Morgan fingerprint density at radius 2 is 1.45 bits per heavy atom. The van der Waals surface area contributed by atoms with E-state index in [1.165, 1.54) is 44.9 Å². The highest BCUT2D eigenvalue weighted by Crippen LogP contribution is 2.07. The van der Waals surface area contributed by atoms with Gasteiger partial charge in [-0.25, -0.2) is 0 Å². The first-order valence-corrected chi connectivity index (χ1v) is 5.02. The zero-order chi connectivity index (χ0) is 8.36. The van der Waals surface area contributed by atoms with E-state index in [2.05, 4.69) is 6.92 Å². The largest absolute Gasteiger partial charge is 0.454 e. The minimum Gasteiger partial charge on any atom is -0.454 e. The lowest BCUT2D eigenvalue weighted by Crippen LogP contribution is -1.86. The molecule has 66 valence electrons. The molecule has 0 fully saturated rings. The standard InChI is InChI=1S/C9H21BO/c1-2-3-4-5-6-7-8-9-10-11/h10-11H,2-9H2,1H3. The first-order valence-electron chi connectivity index (χ1n) is 5.02. The van der Waals surface area contributed by atoms with Gasteiger partial charge in [-0.15, -0.1) is 0 Å². The average Bonchev–Trinajstić information content (AvgIpc) is 2.03. The first-order chi connectivity index (χ1) is 5.41. The van der Waals surface area contributed by atoms with E-state index in [-0.39, 0.29) is 0 Å². The smallest absolute Gasteiger partial charge is 0.270 e. The van der Waals surface area contributed by atoms with E-state index in [4.69, 9.17) is 5.02 Å². The molecule has 11 heavy (non-hydrogen) atoms. The predicted molar refractivity (Wildman–Crippen MR) is 52.2 cm³/mol. The SMILES string of the molecule is CCCCCCCCCBO. The van der Waals surface area contributed by atoms with Crippen molar-refractivity contribution in [2.24, 2.45) is 0 Å². The molecule has 0 aliphatic heterocycles. The van der Waals surface area contributed by atoms with Crippen LogP contribution in [-0.2, 0) is 0 Å². The molecule has 1 nitrogen and oxygen atoms in total. The molecule has 0 radical (unpaired) electrons. The Morgan fingerprint density at radius 1 is 0.909 bits per heavy atom. The van der Waals surface area contributed by atoms with Gasteiger partial charge in [0, 0.05) is 0 Å². The summed E-state index contributed by atoms with van der Waals surface area (Å²) in [6.45, 7) is 2.24. The molecule has 0 atom stereocenters. The molecule has 1 N–H and O–H groups in total. The van der Waals surface area contributed by atoms with Crippen LogP contribution in [0.25, 0.3) is 0 Å². The van der Waals surface area contributed by atoms with Crippen LogP contribution in [0.4, 0.5) is 0 Å². The summed E-state index contributed by atoms with van der Waals surface area (Å²) < 4.78 is 0. The van der Waals surface area contributed by atoms with Crippen LogP contribution in [0.5, 0.6) is 0 Å². The van der Waals surface area contributed by atoms with Gasteiger partial charge in [0.25, 0.3) is 7.48 Å². The van der Waals surface area contributed by atoms with Crippen LogP contribution in [0.3, 0.4) is 0 Å². The second-order valence-corrected chi connectivity index (χ2v) is 3.20. The molecule has 0 aliphatic rings. The van der Waals surface area contributed by atoms with Gasteiger partial charge in [0.05, 0.1) is 0 Å². The third-order valence-electron chi connectivity index (χ3n) is 2.01. The summed E-state index contributed by atoms with van der Waals surface area (Å²) in [5, 5.41) is 8.51. The maximum absolute atomic E-state index is 8.51. The fourth-order valence-corrected chi connectivity index (χ4v) is 1.25. The molecule has 0 aliphatic carbocycles. The van der Waals surface area contributed by atoms with Crippen molar-refractivity contribution in [1.29, 1.82) is 0 Å². The van der Waals surface area contributed by atoms with E-state index in [1.807, 2.05) is 0 Å². The van der Waals surface area contributed by atoms with Crippen molar-refractivity contribution in [3.63, 3.8) is 0 Å². The van der Waals surface area contributed by atoms with Crippen molar-refractivity contribution in [2.75, 3.05) is 0 Å². The Bertz CT molecular complexity index is 58.6. The summed E-state index contributed by atoms with van der Waals surface area (Å²) in [5.41, 5.74) is 0. The van der Waals surface area contributed by atoms with Crippen LogP contribution in [0.15, 0.2) is 0 Å². The molecule has 0 saturated carbocycles. The van der Waals surface area contributed by atoms with Crippen LogP contribution < -0.4 is 0 Å². The van der Waals surface area contributed by atoms with Gasteiger partial charge in [-0.2, -0.15) is 0 Å². The van der Waals surface area contributed by atoms with E-state index in [0.29, 0.717) is 7.48 Å². The Kier molecular flexibility index (Phi) is 10.0. The van der Waals surface area contributed by atoms with Gasteiger partial charge in [-0.1, -0.05) is 58.2 Å². The van der Waals surface area contributed by atoms with Crippen LogP contribution in [-0.4, -0.2) is 12.5 Å². The molecule has 0 heterocycles. The molecular formula is C9H21BO. The molecule has 0 saturated heterocycles. The van der Waals surface area contributed by atoms with E-state index >= 15 is 0 Å². The molecule has 0 spiro atoms. The highest BCUT2D eigenvalue weighted by Gasteiger charge is 1.90. The van der Waals surface area contributed by atoms with E-state index in [9.17, 15) is 0 Å². The molecule has 0 aromatic rings. The average molecular weight is 156 g/mol. The van der Waals surface area contributed by atoms with Crippen molar-refractivity contribution in [3.8, 4) is 0 Å². The van der Waals surface area contributed by atoms with Crippen molar-refractivity contribution >= 4 is 7.48 Å².